The highest BCUT2D eigenvalue weighted by Gasteiger charge is 2.41. The minimum absolute atomic E-state index is 0.452. The topological polar surface area (TPSA) is 86.0 Å². The van der Waals surface area contributed by atoms with Gasteiger partial charge in [-0.15, -0.1) is 0 Å². The Morgan fingerprint density at radius 2 is 2.24 bits per heavy atom. The standard InChI is InChI=1S/C12H13N3O2/c13-8-9-3-6-14-10(7-9)15-12(11(16)17)4-1-2-5-12/h3,6-7H,1-2,4-5H2,(H,14,15)(H,16,17). The lowest BCUT2D eigenvalue weighted by Gasteiger charge is -2.25. The van der Waals surface area contributed by atoms with Gasteiger partial charge in [0.2, 0.25) is 0 Å². The van der Waals surface area contributed by atoms with E-state index >= 15 is 0 Å². The number of nitrogens with zero attached hydrogens (tertiary/aromatic N) is 2. The largest absolute Gasteiger partial charge is 0.480 e. The summed E-state index contributed by atoms with van der Waals surface area (Å²) in [6.07, 6.45) is 4.50. The van der Waals surface area contributed by atoms with Gasteiger partial charge < -0.3 is 10.4 Å². The number of rotatable bonds is 3. The molecule has 5 heteroatoms. The van der Waals surface area contributed by atoms with Crippen LogP contribution in [0.15, 0.2) is 18.3 Å². The summed E-state index contributed by atoms with van der Waals surface area (Å²) < 4.78 is 0. The maximum Gasteiger partial charge on any atom is 0.329 e. The number of hydrogen-bond acceptors (Lipinski definition) is 4. The molecule has 88 valence electrons. The molecule has 1 aromatic rings. The quantitative estimate of drug-likeness (QED) is 0.827. The summed E-state index contributed by atoms with van der Waals surface area (Å²) in [6.45, 7) is 0. The first kappa shape index (κ1) is 11.4. The third kappa shape index (κ3) is 2.21. The highest BCUT2D eigenvalue weighted by atomic mass is 16.4. The molecular formula is C12H13N3O2. The van der Waals surface area contributed by atoms with Crippen molar-refractivity contribution in [3.05, 3.63) is 23.9 Å². The zero-order valence-corrected chi connectivity index (χ0v) is 9.31. The second kappa shape index (κ2) is 4.42. The van der Waals surface area contributed by atoms with Gasteiger partial charge >= 0.3 is 5.97 Å². The molecule has 0 saturated heterocycles. The van der Waals surface area contributed by atoms with Gasteiger partial charge in [-0.1, -0.05) is 12.8 Å². The van der Waals surface area contributed by atoms with E-state index < -0.39 is 11.5 Å². The summed E-state index contributed by atoms with van der Waals surface area (Å²) >= 11 is 0. The molecule has 2 N–H and O–H groups in total. The molecule has 1 aliphatic rings. The van der Waals surface area contributed by atoms with Crippen molar-refractivity contribution in [2.75, 3.05) is 5.32 Å². The van der Waals surface area contributed by atoms with Crippen molar-refractivity contribution in [2.24, 2.45) is 0 Å². The Morgan fingerprint density at radius 1 is 1.53 bits per heavy atom. The van der Waals surface area contributed by atoms with Crippen molar-refractivity contribution >= 4 is 11.8 Å². The molecule has 2 rings (SSSR count). The molecule has 0 atom stereocenters. The van der Waals surface area contributed by atoms with Crippen molar-refractivity contribution in [3.63, 3.8) is 0 Å². The van der Waals surface area contributed by atoms with Gasteiger partial charge in [-0.25, -0.2) is 9.78 Å². The van der Waals surface area contributed by atoms with Gasteiger partial charge in [-0.2, -0.15) is 5.26 Å². The van der Waals surface area contributed by atoms with Gasteiger partial charge in [-0.05, 0) is 25.0 Å². The Morgan fingerprint density at radius 3 is 2.82 bits per heavy atom. The first-order valence-corrected chi connectivity index (χ1v) is 5.54. The van der Waals surface area contributed by atoms with E-state index in [0.29, 0.717) is 24.2 Å². The maximum absolute atomic E-state index is 11.3. The fourth-order valence-corrected chi connectivity index (χ4v) is 2.18. The van der Waals surface area contributed by atoms with Crippen molar-refractivity contribution in [3.8, 4) is 6.07 Å². The van der Waals surface area contributed by atoms with Crippen molar-refractivity contribution in [1.29, 1.82) is 5.26 Å². The molecule has 1 aliphatic carbocycles. The van der Waals surface area contributed by atoms with E-state index in [-0.39, 0.29) is 0 Å². The van der Waals surface area contributed by atoms with Gasteiger partial charge in [0.05, 0.1) is 11.6 Å². The first-order chi connectivity index (χ1) is 8.16. The van der Waals surface area contributed by atoms with Crippen LogP contribution in [0.25, 0.3) is 0 Å². The monoisotopic (exact) mass is 231 g/mol. The second-order valence-corrected chi connectivity index (χ2v) is 4.26. The van der Waals surface area contributed by atoms with Crippen LogP contribution in [0.3, 0.4) is 0 Å². The molecule has 0 amide bonds. The molecule has 1 aromatic heterocycles. The van der Waals surface area contributed by atoms with Crippen molar-refractivity contribution < 1.29 is 9.90 Å². The van der Waals surface area contributed by atoms with Crippen LogP contribution in [0, 0.1) is 11.3 Å². The molecule has 1 heterocycles. The Balaban J connectivity index is 2.24. The number of aromatic nitrogens is 1. The number of pyridine rings is 1. The van der Waals surface area contributed by atoms with E-state index in [4.69, 9.17) is 5.26 Å². The Bertz CT molecular complexity index is 473. The molecule has 5 nitrogen and oxygen atoms in total. The highest BCUT2D eigenvalue weighted by Crippen LogP contribution is 2.33. The average Bonchev–Trinajstić information content (AvgIpc) is 2.79. The fourth-order valence-electron chi connectivity index (χ4n) is 2.18. The maximum atomic E-state index is 11.3. The van der Waals surface area contributed by atoms with Gasteiger partial charge in [0.1, 0.15) is 11.4 Å². The lowest BCUT2D eigenvalue weighted by atomic mass is 9.98. The van der Waals surface area contributed by atoms with Crippen molar-refractivity contribution in [2.45, 2.75) is 31.2 Å². The lowest BCUT2D eigenvalue weighted by molar-refractivity contribution is -0.142. The minimum Gasteiger partial charge on any atom is -0.480 e. The van der Waals surface area contributed by atoms with Gasteiger partial charge in [0.25, 0.3) is 0 Å². The molecule has 0 spiro atoms. The normalized spacial score (nSPS) is 17.4. The van der Waals surface area contributed by atoms with Crippen LogP contribution < -0.4 is 5.32 Å². The zero-order valence-electron chi connectivity index (χ0n) is 9.31. The van der Waals surface area contributed by atoms with Crippen LogP contribution in [0.5, 0.6) is 0 Å². The third-order valence-electron chi connectivity index (χ3n) is 3.12. The highest BCUT2D eigenvalue weighted by molar-refractivity contribution is 5.82. The summed E-state index contributed by atoms with van der Waals surface area (Å²) in [5.41, 5.74) is -0.442. The third-order valence-corrected chi connectivity index (χ3v) is 3.12. The van der Waals surface area contributed by atoms with Gasteiger partial charge in [-0.3, -0.25) is 0 Å². The Hall–Kier alpha value is -2.09. The number of nitriles is 1. The fraction of sp³-hybridized carbons (Fsp3) is 0.417. The molecule has 0 aliphatic heterocycles. The van der Waals surface area contributed by atoms with E-state index in [0.717, 1.165) is 12.8 Å². The van der Waals surface area contributed by atoms with Gasteiger partial charge in [0, 0.05) is 6.20 Å². The molecule has 0 unspecified atom stereocenters. The van der Waals surface area contributed by atoms with Crippen LogP contribution >= 0.6 is 0 Å². The predicted octanol–water partition coefficient (Wildman–Crippen LogP) is 1.76. The first-order valence-electron chi connectivity index (χ1n) is 5.54. The molecule has 1 fully saturated rings. The molecular weight excluding hydrogens is 218 g/mol. The van der Waals surface area contributed by atoms with Crippen LogP contribution in [-0.4, -0.2) is 21.6 Å². The van der Waals surface area contributed by atoms with Gasteiger partial charge in [0.15, 0.2) is 0 Å². The predicted molar refractivity (Wildman–Crippen MR) is 61.4 cm³/mol. The van der Waals surface area contributed by atoms with E-state index in [9.17, 15) is 9.90 Å². The summed E-state index contributed by atoms with van der Waals surface area (Å²) in [5, 5.41) is 21.0. The summed E-state index contributed by atoms with van der Waals surface area (Å²) in [6, 6.07) is 5.17. The number of carboxylic acid groups (broad SMARTS) is 1. The average molecular weight is 231 g/mol. The van der Waals surface area contributed by atoms with E-state index in [1.54, 1.807) is 12.1 Å². The molecule has 17 heavy (non-hydrogen) atoms. The number of nitrogens with one attached hydrogen (secondary N) is 1. The number of carbonyl (C=O) groups is 1. The minimum atomic E-state index is -0.916. The van der Waals surface area contributed by atoms with Crippen LogP contribution in [-0.2, 0) is 4.79 Å². The van der Waals surface area contributed by atoms with Crippen LogP contribution in [0.4, 0.5) is 5.82 Å². The number of aliphatic carboxylic acids is 1. The number of carboxylic acids is 1. The second-order valence-electron chi connectivity index (χ2n) is 4.26. The number of anilines is 1. The summed E-state index contributed by atoms with van der Waals surface area (Å²) in [5.74, 6) is -0.396. The Kier molecular flexibility index (Phi) is 2.96. The van der Waals surface area contributed by atoms with Crippen LogP contribution in [0.1, 0.15) is 31.2 Å². The smallest absolute Gasteiger partial charge is 0.329 e. The lowest BCUT2D eigenvalue weighted by Crippen LogP contribution is -2.43. The van der Waals surface area contributed by atoms with E-state index in [1.165, 1.54) is 6.20 Å². The molecule has 0 bridgehead atoms. The van der Waals surface area contributed by atoms with Crippen molar-refractivity contribution in [1.82, 2.24) is 4.98 Å². The molecule has 0 radical (unpaired) electrons. The molecule has 1 saturated carbocycles. The van der Waals surface area contributed by atoms with E-state index in [1.807, 2.05) is 6.07 Å². The van der Waals surface area contributed by atoms with E-state index in [2.05, 4.69) is 10.3 Å². The molecule has 0 aromatic carbocycles. The summed E-state index contributed by atoms with van der Waals surface area (Å²) in [7, 11) is 0. The zero-order chi connectivity index (χ0) is 12.3. The Labute approximate surface area is 99.1 Å². The van der Waals surface area contributed by atoms with Crippen LogP contribution in [0.2, 0.25) is 0 Å². The SMILES string of the molecule is N#Cc1ccnc(NC2(C(=O)O)CCCC2)c1. The summed E-state index contributed by atoms with van der Waals surface area (Å²) in [4.78, 5) is 15.4. The number of hydrogen-bond donors (Lipinski definition) is 2.